The first-order chi connectivity index (χ1) is 28.7. The molecular weight excluding hydrogens is 699 g/mol. The van der Waals surface area contributed by atoms with Gasteiger partial charge in [0, 0.05) is 17.1 Å². The smallest absolute Gasteiger partial charge is 0.0467 e. The van der Waals surface area contributed by atoms with Gasteiger partial charge < -0.3 is 4.90 Å². The summed E-state index contributed by atoms with van der Waals surface area (Å²) < 4.78 is 0. The van der Waals surface area contributed by atoms with E-state index in [4.69, 9.17) is 0 Å². The van der Waals surface area contributed by atoms with Gasteiger partial charge in [0.25, 0.3) is 0 Å². The predicted molar refractivity (Wildman–Crippen MR) is 249 cm³/mol. The fourth-order valence-electron chi connectivity index (χ4n) is 9.27. The molecular formula is C57H41N. The average molecular weight is 740 g/mol. The molecule has 0 spiro atoms. The highest BCUT2D eigenvalue weighted by Crippen LogP contribution is 2.40. The van der Waals surface area contributed by atoms with E-state index in [-0.39, 0.29) is 0 Å². The molecule has 0 fully saturated rings. The van der Waals surface area contributed by atoms with Gasteiger partial charge in [0.1, 0.15) is 0 Å². The van der Waals surface area contributed by atoms with Gasteiger partial charge in [-0.1, -0.05) is 171 Å². The van der Waals surface area contributed by atoms with Gasteiger partial charge in [-0.25, -0.2) is 0 Å². The van der Waals surface area contributed by atoms with Crippen molar-refractivity contribution in [2.75, 3.05) is 4.90 Å². The second kappa shape index (κ2) is 14.1. The normalized spacial score (nSPS) is 13.6. The Morgan fingerprint density at radius 2 is 0.966 bits per heavy atom. The third-order valence-electron chi connectivity index (χ3n) is 12.1. The van der Waals surface area contributed by atoms with E-state index in [1.165, 1.54) is 86.9 Å². The molecule has 0 aliphatic heterocycles. The Morgan fingerprint density at radius 3 is 1.71 bits per heavy atom. The first kappa shape index (κ1) is 34.1. The van der Waals surface area contributed by atoms with Crippen molar-refractivity contribution in [3.63, 3.8) is 0 Å². The van der Waals surface area contributed by atoms with Crippen molar-refractivity contribution < 1.29 is 0 Å². The van der Waals surface area contributed by atoms with E-state index in [2.05, 4.69) is 224 Å². The van der Waals surface area contributed by atoms with Crippen molar-refractivity contribution in [2.45, 2.75) is 13.3 Å². The lowest BCUT2D eigenvalue weighted by atomic mass is 9.88. The SMILES string of the molecule is CC1C=c2c(-c3ccc(N(c4ccc(-c5cc6ccccc6c6ccccc56)cc4)c4cccc(-c5ccccc5)c4)cc3)cc3c(ccc4ccccc43)c2=CC1. The molecule has 0 saturated carbocycles. The third-order valence-corrected chi connectivity index (χ3v) is 12.1. The summed E-state index contributed by atoms with van der Waals surface area (Å²) in [5.41, 5.74) is 10.7. The van der Waals surface area contributed by atoms with Gasteiger partial charge >= 0.3 is 0 Å². The Labute approximate surface area is 339 Å². The molecule has 0 radical (unpaired) electrons. The Morgan fingerprint density at radius 1 is 0.362 bits per heavy atom. The highest BCUT2D eigenvalue weighted by Gasteiger charge is 2.17. The van der Waals surface area contributed by atoms with E-state index in [9.17, 15) is 0 Å². The summed E-state index contributed by atoms with van der Waals surface area (Å²) >= 11 is 0. The van der Waals surface area contributed by atoms with E-state index < -0.39 is 0 Å². The van der Waals surface area contributed by atoms with Gasteiger partial charge in [-0.15, -0.1) is 0 Å². The van der Waals surface area contributed by atoms with Crippen molar-refractivity contribution in [3.05, 3.63) is 211 Å². The standard InChI is InChI=1S/C57H41N/c1-38-22-32-52-53-33-27-40-14-5-7-18-48(40)57(53)37-55(56(52)34-38)42-25-30-46(31-26-42)58(47-17-11-16-43(35-47)39-12-3-2-4-13-39)45-28-23-41(24-29-45)54-36-44-15-6-8-19-49(44)50-20-9-10-21-51(50)54/h2-21,23-38H,22H2,1H3. The molecule has 1 aliphatic rings. The maximum atomic E-state index is 2.48. The number of rotatable bonds is 6. The minimum Gasteiger partial charge on any atom is -0.310 e. The molecule has 0 heterocycles. The van der Waals surface area contributed by atoms with E-state index in [1.54, 1.807) is 0 Å². The minimum absolute atomic E-state index is 0.492. The van der Waals surface area contributed by atoms with E-state index >= 15 is 0 Å². The van der Waals surface area contributed by atoms with E-state index in [0.29, 0.717) is 5.92 Å². The summed E-state index contributed by atoms with van der Waals surface area (Å²) in [5, 5.41) is 13.0. The number of fused-ring (bicyclic) bond motifs is 8. The molecule has 1 nitrogen and oxygen atoms in total. The maximum Gasteiger partial charge on any atom is 0.0467 e. The van der Waals surface area contributed by atoms with Crippen LogP contribution in [0.5, 0.6) is 0 Å². The van der Waals surface area contributed by atoms with Gasteiger partial charge in [-0.3, -0.25) is 0 Å². The highest BCUT2D eigenvalue weighted by atomic mass is 15.1. The second-order valence-electron chi connectivity index (χ2n) is 15.8. The lowest BCUT2D eigenvalue weighted by molar-refractivity contribution is 0.801. The summed E-state index contributed by atoms with van der Waals surface area (Å²) in [6.45, 7) is 2.33. The van der Waals surface area contributed by atoms with Gasteiger partial charge in [-0.05, 0) is 148 Å². The number of benzene rings is 10. The van der Waals surface area contributed by atoms with Gasteiger partial charge in [0.2, 0.25) is 0 Å². The predicted octanol–water partition coefficient (Wildman–Crippen LogP) is 14.4. The third kappa shape index (κ3) is 5.87. The summed E-state index contributed by atoms with van der Waals surface area (Å²) in [4.78, 5) is 2.39. The van der Waals surface area contributed by atoms with Gasteiger partial charge in [0.05, 0.1) is 0 Å². The van der Waals surface area contributed by atoms with E-state index in [0.717, 1.165) is 23.5 Å². The minimum atomic E-state index is 0.492. The van der Waals surface area contributed by atoms with Crippen molar-refractivity contribution in [1.29, 1.82) is 0 Å². The second-order valence-corrected chi connectivity index (χ2v) is 15.8. The summed E-state index contributed by atoms with van der Waals surface area (Å²) in [5.74, 6) is 0.492. The van der Waals surface area contributed by atoms with Crippen LogP contribution in [0.3, 0.4) is 0 Å². The maximum absolute atomic E-state index is 2.48. The average Bonchev–Trinajstić information content (AvgIpc) is 3.29. The summed E-state index contributed by atoms with van der Waals surface area (Å²) in [6, 6.07) is 73.6. The number of hydrogen-bond acceptors (Lipinski definition) is 1. The molecule has 10 aromatic rings. The number of hydrogen-bond donors (Lipinski definition) is 0. The zero-order valence-corrected chi connectivity index (χ0v) is 32.4. The zero-order chi connectivity index (χ0) is 38.6. The first-order valence-electron chi connectivity index (χ1n) is 20.4. The van der Waals surface area contributed by atoms with Crippen LogP contribution in [0.1, 0.15) is 13.3 Å². The molecule has 0 N–H and O–H groups in total. The van der Waals surface area contributed by atoms with Crippen LogP contribution in [-0.2, 0) is 0 Å². The lowest BCUT2D eigenvalue weighted by Crippen LogP contribution is -2.31. The highest BCUT2D eigenvalue weighted by molar-refractivity contribution is 6.14. The molecule has 0 aromatic heterocycles. The Kier molecular flexibility index (Phi) is 8.26. The topological polar surface area (TPSA) is 3.24 Å². The number of anilines is 3. The van der Waals surface area contributed by atoms with Crippen LogP contribution in [0.15, 0.2) is 200 Å². The van der Waals surface area contributed by atoms with Crippen molar-refractivity contribution in [2.24, 2.45) is 5.92 Å². The lowest BCUT2D eigenvalue weighted by Gasteiger charge is -2.26. The van der Waals surface area contributed by atoms with Gasteiger partial charge in [-0.2, -0.15) is 0 Å². The molecule has 1 unspecified atom stereocenters. The number of nitrogens with zero attached hydrogens (tertiary/aromatic N) is 1. The Balaban J connectivity index is 1.05. The summed E-state index contributed by atoms with van der Waals surface area (Å²) in [7, 11) is 0. The van der Waals surface area contributed by atoms with Crippen molar-refractivity contribution in [3.8, 4) is 33.4 Å². The van der Waals surface area contributed by atoms with Crippen LogP contribution >= 0.6 is 0 Å². The van der Waals surface area contributed by atoms with Crippen LogP contribution in [0.25, 0.3) is 88.6 Å². The Hall–Kier alpha value is -7.22. The fourth-order valence-corrected chi connectivity index (χ4v) is 9.27. The molecule has 1 heteroatoms. The zero-order valence-electron chi connectivity index (χ0n) is 32.4. The first-order valence-corrected chi connectivity index (χ1v) is 20.4. The van der Waals surface area contributed by atoms with Crippen molar-refractivity contribution in [1.82, 2.24) is 0 Å². The van der Waals surface area contributed by atoms with Crippen LogP contribution in [0.2, 0.25) is 0 Å². The molecule has 1 atom stereocenters. The van der Waals surface area contributed by atoms with Gasteiger partial charge in [0.15, 0.2) is 0 Å². The molecule has 274 valence electrons. The summed E-state index contributed by atoms with van der Waals surface area (Å²) in [6.07, 6.45) is 6.00. The van der Waals surface area contributed by atoms with Crippen LogP contribution in [0.4, 0.5) is 17.1 Å². The monoisotopic (exact) mass is 739 g/mol. The molecule has 1 aliphatic carbocycles. The fraction of sp³-hybridized carbons (Fsp3) is 0.0526. The molecule has 0 saturated heterocycles. The molecule has 0 amide bonds. The quantitative estimate of drug-likeness (QED) is 0.154. The molecule has 0 bridgehead atoms. The van der Waals surface area contributed by atoms with Crippen molar-refractivity contribution >= 4 is 72.3 Å². The Bertz CT molecular complexity index is 3310. The van der Waals surface area contributed by atoms with Crippen LogP contribution in [0, 0.1) is 5.92 Å². The van der Waals surface area contributed by atoms with Crippen LogP contribution in [-0.4, -0.2) is 0 Å². The molecule has 11 rings (SSSR count). The molecule has 58 heavy (non-hydrogen) atoms. The van der Waals surface area contributed by atoms with E-state index in [1.807, 2.05) is 0 Å². The largest absolute Gasteiger partial charge is 0.310 e. The van der Waals surface area contributed by atoms with Crippen LogP contribution < -0.4 is 15.3 Å². The molecule has 10 aromatic carbocycles.